The van der Waals surface area contributed by atoms with Crippen LogP contribution in [0.25, 0.3) is 0 Å². The highest BCUT2D eigenvalue weighted by Gasteiger charge is 2.37. The number of carbonyl (C=O) groups excluding carboxylic acids is 3. The van der Waals surface area contributed by atoms with Crippen molar-refractivity contribution in [2.24, 2.45) is 0 Å². The van der Waals surface area contributed by atoms with E-state index in [4.69, 9.17) is 4.74 Å². The first kappa shape index (κ1) is 34.5. The van der Waals surface area contributed by atoms with Crippen LogP contribution in [-0.2, 0) is 28.5 Å². The maximum absolute atomic E-state index is 13.9. The molecule has 0 saturated carbocycles. The smallest absolute Gasteiger partial charge is 0.417 e. The minimum absolute atomic E-state index is 0.0541. The molecule has 48 heavy (non-hydrogen) atoms. The molecule has 14 heteroatoms. The number of hydrogen-bond donors (Lipinski definition) is 2. The molecule has 0 aliphatic carbocycles. The molecule has 6 rings (SSSR count). The van der Waals surface area contributed by atoms with Crippen LogP contribution in [0.3, 0.4) is 0 Å². The average Bonchev–Trinajstić information content (AvgIpc) is 3.25. The predicted molar refractivity (Wildman–Crippen MR) is 178 cm³/mol. The number of likely N-dealkylation sites (tertiary alicyclic amines) is 1. The maximum Gasteiger partial charge on any atom is 0.417 e. The number of urea groups is 1. The van der Waals surface area contributed by atoms with Gasteiger partial charge in [-0.2, -0.15) is 13.2 Å². The Kier molecular flexibility index (Phi) is 10.8. The summed E-state index contributed by atoms with van der Waals surface area (Å²) in [6.07, 6.45) is -2.46. The molecule has 4 aliphatic heterocycles. The molecular weight excluding hydrogens is 693 g/mol. The fourth-order valence-electron chi connectivity index (χ4n) is 7.29. The fourth-order valence-corrected chi connectivity index (χ4v) is 7.94. The van der Waals surface area contributed by atoms with Crippen LogP contribution in [0, 0.1) is 0 Å². The van der Waals surface area contributed by atoms with Crippen molar-refractivity contribution in [3.05, 3.63) is 63.6 Å². The number of para-hydroxylation sites is 1. The molecule has 3 saturated heterocycles. The normalized spacial score (nSPS) is 20.9. The van der Waals surface area contributed by atoms with Crippen LogP contribution >= 0.6 is 15.9 Å². The van der Waals surface area contributed by atoms with E-state index in [1.807, 2.05) is 29.2 Å². The SMILES string of the molecule is O=C(O[C@H](Cc1ccc(C(F)(F)F)c(Br)c1)C(=O)N1CCN(C2CCNCC2)CC1)N1CCC(N2CCc3ccccc3NC2=O)CC1. The highest BCUT2D eigenvalue weighted by Crippen LogP contribution is 2.35. The second-order valence-corrected chi connectivity index (χ2v) is 13.8. The molecule has 4 amide bonds. The van der Waals surface area contributed by atoms with Gasteiger partial charge >= 0.3 is 18.3 Å². The summed E-state index contributed by atoms with van der Waals surface area (Å²) in [6.45, 7) is 5.62. The second kappa shape index (κ2) is 15.0. The second-order valence-electron chi connectivity index (χ2n) is 13.0. The lowest BCUT2D eigenvalue weighted by Gasteiger charge is -2.41. The van der Waals surface area contributed by atoms with Gasteiger partial charge < -0.3 is 30.1 Å². The number of amides is 4. The number of alkyl halides is 3. The molecule has 2 N–H and O–H groups in total. The summed E-state index contributed by atoms with van der Waals surface area (Å²) in [4.78, 5) is 48.0. The number of piperidine rings is 2. The molecule has 4 heterocycles. The van der Waals surface area contributed by atoms with Gasteiger partial charge in [0.2, 0.25) is 0 Å². The lowest BCUT2D eigenvalue weighted by molar-refractivity contribution is -0.143. The summed E-state index contributed by atoms with van der Waals surface area (Å²) in [5.74, 6) is -0.347. The highest BCUT2D eigenvalue weighted by atomic mass is 79.9. The average molecular weight is 736 g/mol. The van der Waals surface area contributed by atoms with Gasteiger partial charge in [-0.15, -0.1) is 0 Å². The lowest BCUT2D eigenvalue weighted by Crippen LogP contribution is -2.56. The number of piperazine rings is 1. The van der Waals surface area contributed by atoms with Crippen molar-refractivity contribution < 1.29 is 32.3 Å². The molecular formula is C34H42BrF3N6O4. The topological polar surface area (TPSA) is 97.5 Å². The van der Waals surface area contributed by atoms with Crippen molar-refractivity contribution in [1.82, 2.24) is 24.9 Å². The first-order chi connectivity index (χ1) is 23.1. The molecule has 2 aromatic rings. The van der Waals surface area contributed by atoms with E-state index in [1.165, 1.54) is 12.1 Å². The van der Waals surface area contributed by atoms with E-state index in [-0.39, 0.29) is 28.9 Å². The molecule has 260 valence electrons. The number of ether oxygens (including phenoxy) is 1. The maximum atomic E-state index is 13.9. The van der Waals surface area contributed by atoms with Gasteiger partial charge in [0.1, 0.15) is 0 Å². The Morgan fingerprint density at radius 3 is 2.29 bits per heavy atom. The Balaban J connectivity index is 1.10. The van der Waals surface area contributed by atoms with Gasteiger partial charge in [-0.3, -0.25) is 9.69 Å². The van der Waals surface area contributed by atoms with Crippen LogP contribution < -0.4 is 10.6 Å². The molecule has 0 unspecified atom stereocenters. The summed E-state index contributed by atoms with van der Waals surface area (Å²) < 4.78 is 46.0. The van der Waals surface area contributed by atoms with Crippen molar-refractivity contribution >= 4 is 39.6 Å². The zero-order valence-electron chi connectivity index (χ0n) is 26.8. The number of halogens is 4. The molecule has 4 aliphatic rings. The van der Waals surface area contributed by atoms with E-state index >= 15 is 0 Å². The van der Waals surface area contributed by atoms with Crippen LogP contribution in [0.4, 0.5) is 28.4 Å². The summed E-state index contributed by atoms with van der Waals surface area (Å²) in [5.41, 5.74) is 1.53. The zero-order chi connectivity index (χ0) is 33.8. The molecule has 10 nitrogen and oxygen atoms in total. The van der Waals surface area contributed by atoms with Crippen molar-refractivity contribution in [2.75, 3.05) is 64.2 Å². The van der Waals surface area contributed by atoms with Gasteiger partial charge in [0.15, 0.2) is 6.10 Å². The molecule has 3 fully saturated rings. The van der Waals surface area contributed by atoms with Crippen molar-refractivity contribution in [1.29, 1.82) is 0 Å². The highest BCUT2D eigenvalue weighted by molar-refractivity contribution is 9.10. The third-order valence-electron chi connectivity index (χ3n) is 10.0. The van der Waals surface area contributed by atoms with E-state index in [9.17, 15) is 27.6 Å². The van der Waals surface area contributed by atoms with Crippen LogP contribution in [0.1, 0.15) is 42.4 Å². The molecule has 1 atom stereocenters. The Morgan fingerprint density at radius 2 is 1.60 bits per heavy atom. The molecule has 0 spiro atoms. The van der Waals surface area contributed by atoms with Crippen molar-refractivity contribution in [3.8, 4) is 0 Å². The minimum Gasteiger partial charge on any atom is -0.436 e. The van der Waals surface area contributed by atoms with Gasteiger partial charge in [-0.1, -0.05) is 40.2 Å². The predicted octanol–water partition coefficient (Wildman–Crippen LogP) is 4.97. The summed E-state index contributed by atoms with van der Waals surface area (Å²) >= 11 is 3.03. The third kappa shape index (κ3) is 8.08. The number of rotatable bonds is 6. The fraction of sp³-hybridized carbons (Fsp3) is 0.559. The van der Waals surface area contributed by atoms with Crippen LogP contribution in [-0.4, -0.2) is 115 Å². The van der Waals surface area contributed by atoms with Crippen LogP contribution in [0.2, 0.25) is 0 Å². The Hall–Kier alpha value is -3.36. The van der Waals surface area contributed by atoms with Crippen LogP contribution in [0.5, 0.6) is 0 Å². The number of hydrogen-bond acceptors (Lipinski definition) is 6. The summed E-state index contributed by atoms with van der Waals surface area (Å²) in [6, 6.07) is 11.6. The lowest BCUT2D eigenvalue weighted by atomic mass is 10.0. The summed E-state index contributed by atoms with van der Waals surface area (Å²) in [5, 5.41) is 6.38. The van der Waals surface area contributed by atoms with Gasteiger partial charge in [-0.25, -0.2) is 9.59 Å². The Bertz CT molecular complexity index is 1470. The van der Waals surface area contributed by atoms with E-state index < -0.39 is 23.9 Å². The number of carbonyl (C=O) groups is 3. The first-order valence-electron chi connectivity index (χ1n) is 16.8. The summed E-state index contributed by atoms with van der Waals surface area (Å²) in [7, 11) is 0. The quantitative estimate of drug-likeness (QED) is 0.436. The standard InChI is InChI=1S/C34H42BrF3N6O4/c35-28-21-23(5-6-27(28)34(36,37)38)22-30(31(45)42-19-17-41(18-20-42)25-7-12-39-13-8-25)48-33(47)43-14-10-26(11-15-43)44-16-9-24-3-1-2-4-29(24)40-32(44)46/h1-6,21,25-26,30,39H,7-20,22H2,(H,40,46)/t30-/m1/s1. The largest absolute Gasteiger partial charge is 0.436 e. The number of anilines is 1. The van der Waals surface area contributed by atoms with E-state index in [0.717, 1.165) is 49.7 Å². The van der Waals surface area contributed by atoms with Gasteiger partial charge in [0, 0.05) is 74.5 Å². The monoisotopic (exact) mass is 734 g/mol. The van der Waals surface area contributed by atoms with Crippen molar-refractivity contribution in [2.45, 2.75) is 62.9 Å². The van der Waals surface area contributed by atoms with E-state index in [2.05, 4.69) is 31.5 Å². The van der Waals surface area contributed by atoms with Gasteiger partial charge in [0.05, 0.1) is 5.56 Å². The minimum atomic E-state index is -4.53. The third-order valence-corrected chi connectivity index (χ3v) is 10.7. The Morgan fingerprint density at radius 1 is 0.896 bits per heavy atom. The number of benzene rings is 2. The Labute approximate surface area is 287 Å². The van der Waals surface area contributed by atoms with E-state index in [1.54, 1.807) is 9.80 Å². The number of nitrogens with zero attached hydrogens (tertiary/aromatic N) is 4. The molecule has 0 aromatic heterocycles. The number of nitrogens with one attached hydrogen (secondary N) is 2. The van der Waals surface area contributed by atoms with E-state index in [0.29, 0.717) is 70.3 Å². The molecule has 2 aromatic carbocycles. The molecule has 0 bridgehead atoms. The number of fused-ring (bicyclic) bond motifs is 1. The first-order valence-corrected chi connectivity index (χ1v) is 17.6. The van der Waals surface area contributed by atoms with Gasteiger partial charge in [0.25, 0.3) is 5.91 Å². The molecule has 0 radical (unpaired) electrons. The zero-order valence-corrected chi connectivity index (χ0v) is 28.4. The van der Waals surface area contributed by atoms with Crippen molar-refractivity contribution in [3.63, 3.8) is 0 Å². The van der Waals surface area contributed by atoms with Gasteiger partial charge in [-0.05, 0) is 74.5 Å². The van der Waals surface area contributed by atoms with Crippen LogP contribution in [0.15, 0.2) is 46.9 Å².